The second-order valence-electron chi connectivity index (χ2n) is 8.26. The van der Waals surface area contributed by atoms with Gasteiger partial charge >= 0.3 is 0 Å². The van der Waals surface area contributed by atoms with Gasteiger partial charge in [0.1, 0.15) is 0 Å². The topological polar surface area (TPSA) is 87.0 Å². The van der Waals surface area contributed by atoms with Gasteiger partial charge in [-0.15, -0.1) is 0 Å². The van der Waals surface area contributed by atoms with Crippen LogP contribution in [0.25, 0.3) is 15.7 Å². The molecule has 0 radical (unpaired) electrons. The zero-order valence-electron chi connectivity index (χ0n) is 18.5. The number of aromatic nitrogens is 1. The van der Waals surface area contributed by atoms with Gasteiger partial charge < -0.3 is 5.32 Å². The van der Waals surface area contributed by atoms with Crippen molar-refractivity contribution in [2.45, 2.75) is 30.8 Å². The third-order valence-electron chi connectivity index (χ3n) is 5.72. The first-order chi connectivity index (χ1) is 15.8. The van der Waals surface area contributed by atoms with Gasteiger partial charge in [-0.05, 0) is 50.2 Å². The molecule has 3 aromatic rings. The Bertz CT molecular complexity index is 1320. The maximum Gasteiger partial charge on any atom is 0.242 e. The lowest BCUT2D eigenvalue weighted by Crippen LogP contribution is -2.59. The molecule has 1 fully saturated rings. The zero-order chi connectivity index (χ0) is 23.6. The van der Waals surface area contributed by atoms with Crippen molar-refractivity contribution in [3.63, 3.8) is 0 Å². The smallest absolute Gasteiger partial charge is 0.242 e. The Morgan fingerprint density at radius 3 is 2.58 bits per heavy atom. The van der Waals surface area contributed by atoms with Crippen molar-refractivity contribution >= 4 is 38.2 Å². The monoisotopic (exact) mass is 463 g/mol. The first kappa shape index (κ1) is 22.9. The summed E-state index contributed by atoms with van der Waals surface area (Å²) < 4.78 is 28.1. The van der Waals surface area contributed by atoms with E-state index >= 15 is 0 Å². The standard InChI is InChI=1S/C24H25N5O3S/c1-17-14-28(16-24(30)27-23-11-5-10-22-21(23)9-6-12-26-22)15-18(2)29(17)33(31,32)20-8-4-7-19(13-20)25-3/h4-13,17-18H,14-16H2,1-2H3,(H,27,30). The number of sulfonamides is 1. The number of anilines is 1. The van der Waals surface area contributed by atoms with E-state index in [0.717, 1.165) is 10.9 Å². The Kier molecular flexibility index (Phi) is 6.42. The molecule has 1 aliphatic rings. The Labute approximate surface area is 193 Å². The molecule has 1 N–H and O–H groups in total. The SMILES string of the molecule is [C-]#[N+]c1cccc(S(=O)(=O)N2C(C)CN(CC(=O)Nc3cccc4ncccc34)CC2C)c1. The number of nitrogens with one attached hydrogen (secondary N) is 1. The highest BCUT2D eigenvalue weighted by Crippen LogP contribution is 2.28. The molecule has 8 nitrogen and oxygen atoms in total. The van der Waals surface area contributed by atoms with Gasteiger partial charge in [0.25, 0.3) is 0 Å². The van der Waals surface area contributed by atoms with Crippen LogP contribution in [0.5, 0.6) is 0 Å². The van der Waals surface area contributed by atoms with E-state index in [1.807, 2.05) is 49.1 Å². The first-order valence-corrected chi connectivity index (χ1v) is 12.1. The highest BCUT2D eigenvalue weighted by atomic mass is 32.2. The van der Waals surface area contributed by atoms with Gasteiger partial charge in [0.2, 0.25) is 15.9 Å². The quantitative estimate of drug-likeness (QED) is 0.585. The average Bonchev–Trinajstić information content (AvgIpc) is 2.78. The number of hydrogen-bond acceptors (Lipinski definition) is 5. The summed E-state index contributed by atoms with van der Waals surface area (Å²) in [5.74, 6) is -0.160. The summed E-state index contributed by atoms with van der Waals surface area (Å²) in [6.45, 7) is 11.8. The minimum Gasteiger partial charge on any atom is -0.324 e. The fraction of sp³-hybridized carbons (Fsp3) is 0.292. The molecule has 2 heterocycles. The van der Waals surface area contributed by atoms with E-state index in [1.54, 1.807) is 18.3 Å². The molecule has 0 bridgehead atoms. The van der Waals surface area contributed by atoms with Gasteiger partial charge in [0.15, 0.2) is 5.69 Å². The fourth-order valence-corrected chi connectivity index (χ4v) is 6.31. The van der Waals surface area contributed by atoms with Crippen LogP contribution in [0.1, 0.15) is 13.8 Å². The van der Waals surface area contributed by atoms with Crippen molar-refractivity contribution in [2.24, 2.45) is 0 Å². The number of amides is 1. The summed E-state index contributed by atoms with van der Waals surface area (Å²) >= 11 is 0. The van der Waals surface area contributed by atoms with E-state index in [9.17, 15) is 13.2 Å². The van der Waals surface area contributed by atoms with E-state index in [-0.39, 0.29) is 35.1 Å². The molecular formula is C24H25N5O3S. The summed E-state index contributed by atoms with van der Waals surface area (Å²) in [4.78, 5) is 22.5. The number of carbonyl (C=O) groups is 1. The summed E-state index contributed by atoms with van der Waals surface area (Å²) in [6, 6.07) is 14.8. The van der Waals surface area contributed by atoms with Crippen LogP contribution in [-0.2, 0) is 14.8 Å². The summed E-state index contributed by atoms with van der Waals surface area (Å²) in [5.41, 5.74) is 1.79. The van der Waals surface area contributed by atoms with Crippen LogP contribution in [-0.4, -0.2) is 60.2 Å². The maximum atomic E-state index is 13.3. The predicted molar refractivity (Wildman–Crippen MR) is 127 cm³/mol. The second-order valence-corrected chi connectivity index (χ2v) is 10.1. The molecule has 0 aliphatic carbocycles. The Morgan fingerprint density at radius 2 is 1.85 bits per heavy atom. The molecule has 33 heavy (non-hydrogen) atoms. The van der Waals surface area contributed by atoms with Crippen molar-refractivity contribution in [1.29, 1.82) is 0 Å². The number of piperazine rings is 1. The minimum atomic E-state index is -3.76. The van der Waals surface area contributed by atoms with Gasteiger partial charge in [0.05, 0.1) is 29.2 Å². The largest absolute Gasteiger partial charge is 0.324 e. The zero-order valence-corrected chi connectivity index (χ0v) is 19.3. The van der Waals surface area contributed by atoms with Gasteiger partial charge in [-0.25, -0.2) is 13.3 Å². The van der Waals surface area contributed by atoms with Gasteiger partial charge in [-0.3, -0.25) is 14.7 Å². The van der Waals surface area contributed by atoms with Gasteiger partial charge in [-0.1, -0.05) is 18.2 Å². The lowest BCUT2D eigenvalue weighted by molar-refractivity contribution is -0.118. The lowest BCUT2D eigenvalue weighted by Gasteiger charge is -2.43. The molecule has 2 atom stereocenters. The molecule has 1 amide bonds. The fourth-order valence-electron chi connectivity index (χ4n) is 4.46. The van der Waals surface area contributed by atoms with Crippen LogP contribution in [0.2, 0.25) is 0 Å². The van der Waals surface area contributed by atoms with Crippen LogP contribution in [0.3, 0.4) is 0 Å². The van der Waals surface area contributed by atoms with E-state index in [1.165, 1.54) is 16.4 Å². The Hall–Kier alpha value is -3.32. The highest BCUT2D eigenvalue weighted by molar-refractivity contribution is 7.89. The molecule has 4 rings (SSSR count). The van der Waals surface area contributed by atoms with Crippen LogP contribution in [0, 0.1) is 6.57 Å². The summed E-state index contributed by atoms with van der Waals surface area (Å²) in [7, 11) is -3.76. The normalized spacial score (nSPS) is 19.8. The minimum absolute atomic E-state index is 0.116. The van der Waals surface area contributed by atoms with Crippen LogP contribution in [0.15, 0.2) is 65.7 Å². The third-order valence-corrected chi connectivity index (χ3v) is 7.85. The summed E-state index contributed by atoms with van der Waals surface area (Å²) in [5, 5.41) is 3.83. The number of rotatable bonds is 5. The van der Waals surface area contributed by atoms with Crippen molar-refractivity contribution < 1.29 is 13.2 Å². The van der Waals surface area contributed by atoms with E-state index in [4.69, 9.17) is 6.57 Å². The van der Waals surface area contributed by atoms with E-state index < -0.39 is 10.0 Å². The molecule has 2 aromatic carbocycles. The molecule has 1 aliphatic heterocycles. The molecule has 9 heteroatoms. The van der Waals surface area contributed by atoms with Crippen molar-refractivity contribution in [2.75, 3.05) is 25.0 Å². The van der Waals surface area contributed by atoms with Crippen LogP contribution in [0.4, 0.5) is 11.4 Å². The van der Waals surface area contributed by atoms with Crippen molar-refractivity contribution in [1.82, 2.24) is 14.2 Å². The molecule has 170 valence electrons. The second kappa shape index (κ2) is 9.27. The number of nitrogens with zero attached hydrogens (tertiary/aromatic N) is 4. The molecule has 0 spiro atoms. The third kappa shape index (κ3) is 4.73. The van der Waals surface area contributed by atoms with Crippen LogP contribution < -0.4 is 5.32 Å². The Balaban J connectivity index is 1.45. The van der Waals surface area contributed by atoms with Crippen molar-refractivity contribution in [3.8, 4) is 0 Å². The van der Waals surface area contributed by atoms with Gasteiger partial charge in [0, 0.05) is 36.8 Å². The summed E-state index contributed by atoms with van der Waals surface area (Å²) in [6.07, 6.45) is 1.71. The number of carbonyl (C=O) groups excluding carboxylic acids is 1. The molecule has 0 saturated carbocycles. The average molecular weight is 464 g/mol. The molecule has 1 saturated heterocycles. The number of fused-ring (bicyclic) bond motifs is 1. The first-order valence-electron chi connectivity index (χ1n) is 10.7. The van der Waals surface area contributed by atoms with Crippen molar-refractivity contribution in [3.05, 3.63) is 72.2 Å². The Morgan fingerprint density at radius 1 is 1.12 bits per heavy atom. The lowest BCUT2D eigenvalue weighted by atomic mass is 10.1. The molecular weight excluding hydrogens is 438 g/mol. The van der Waals surface area contributed by atoms with Crippen LogP contribution >= 0.6 is 0 Å². The van der Waals surface area contributed by atoms with Gasteiger partial charge in [-0.2, -0.15) is 4.31 Å². The maximum absolute atomic E-state index is 13.3. The predicted octanol–water partition coefficient (Wildman–Crippen LogP) is 3.51. The number of hydrogen-bond donors (Lipinski definition) is 1. The highest BCUT2D eigenvalue weighted by Gasteiger charge is 2.38. The number of pyridine rings is 1. The number of benzene rings is 2. The molecule has 1 aromatic heterocycles. The molecule has 2 unspecified atom stereocenters. The van der Waals surface area contributed by atoms with E-state index in [0.29, 0.717) is 18.8 Å². The van der Waals surface area contributed by atoms with E-state index in [2.05, 4.69) is 15.1 Å².